The van der Waals surface area contributed by atoms with E-state index in [0.717, 1.165) is 0 Å². The second-order valence-corrected chi connectivity index (χ2v) is 6.58. The van der Waals surface area contributed by atoms with Crippen LogP contribution in [0.1, 0.15) is 11.1 Å². The summed E-state index contributed by atoms with van der Waals surface area (Å²) in [6.07, 6.45) is 3.03. The van der Waals surface area contributed by atoms with E-state index in [1.165, 1.54) is 41.6 Å². The maximum absolute atomic E-state index is 12.7. The largest absolute Gasteiger partial charge is 0.496 e. The van der Waals surface area contributed by atoms with Crippen LogP contribution in [0.5, 0.6) is 28.7 Å². The number of hydrogen-bond acceptors (Lipinski definition) is 7. The molecule has 1 heterocycles. The maximum atomic E-state index is 12.7. The highest BCUT2D eigenvalue weighted by Gasteiger charge is 2.12. The number of rotatable bonds is 7. The third-order valence-electron chi connectivity index (χ3n) is 4.75. The molecule has 0 fully saturated rings. The highest BCUT2D eigenvalue weighted by atomic mass is 16.5. The van der Waals surface area contributed by atoms with Crippen molar-refractivity contribution in [1.82, 2.24) is 9.97 Å². The van der Waals surface area contributed by atoms with Crippen LogP contribution in [-0.2, 0) is 0 Å². The van der Waals surface area contributed by atoms with E-state index >= 15 is 0 Å². The predicted octanol–water partition coefficient (Wildman–Crippen LogP) is 0.764. The normalized spacial score (nSPS) is 11.9. The molecule has 0 bridgehead atoms. The molecule has 168 valence electrons. The van der Waals surface area contributed by atoms with Crippen molar-refractivity contribution in [3.05, 3.63) is 72.9 Å². The van der Waals surface area contributed by atoms with E-state index in [-0.39, 0.29) is 10.7 Å². The van der Waals surface area contributed by atoms with Crippen LogP contribution in [0.4, 0.5) is 0 Å². The van der Waals surface area contributed by atoms with Crippen molar-refractivity contribution in [3.63, 3.8) is 0 Å². The maximum Gasteiger partial charge on any atom is 0.272 e. The van der Waals surface area contributed by atoms with Gasteiger partial charge in [-0.15, -0.1) is 0 Å². The van der Waals surface area contributed by atoms with E-state index in [0.29, 0.717) is 39.9 Å². The average Bonchev–Trinajstić information content (AvgIpc) is 2.81. The fourth-order valence-electron chi connectivity index (χ4n) is 3.12. The third kappa shape index (κ3) is 4.61. The Hall–Kier alpha value is -4.14. The fourth-order valence-corrected chi connectivity index (χ4v) is 3.12. The molecule has 9 heteroatoms. The summed E-state index contributed by atoms with van der Waals surface area (Å²) in [5, 5.41) is 0.134. The van der Waals surface area contributed by atoms with Gasteiger partial charge in [-0.3, -0.25) is 9.59 Å². The van der Waals surface area contributed by atoms with Gasteiger partial charge in [-0.05, 0) is 29.8 Å². The zero-order chi connectivity index (χ0) is 23.3. The van der Waals surface area contributed by atoms with Crippen LogP contribution in [0.25, 0.3) is 12.2 Å². The number of methoxy groups -OCH3 is 5. The SMILES string of the molecule is COc1cc(OC)c(/C=c2\[nH]c(=O)/c(=C/c3ccc(OC)c(OC)c3)[nH]c2=O)c(OC)c1. The summed E-state index contributed by atoms with van der Waals surface area (Å²) >= 11 is 0. The number of ether oxygens (including phenoxy) is 5. The molecule has 0 unspecified atom stereocenters. The minimum Gasteiger partial charge on any atom is -0.496 e. The van der Waals surface area contributed by atoms with Crippen LogP contribution in [0.3, 0.4) is 0 Å². The summed E-state index contributed by atoms with van der Waals surface area (Å²) in [6.45, 7) is 0. The van der Waals surface area contributed by atoms with Gasteiger partial charge < -0.3 is 33.7 Å². The van der Waals surface area contributed by atoms with Crippen LogP contribution < -0.4 is 45.5 Å². The van der Waals surface area contributed by atoms with Gasteiger partial charge in [0.1, 0.15) is 27.9 Å². The van der Waals surface area contributed by atoms with Gasteiger partial charge in [-0.1, -0.05) is 6.07 Å². The predicted molar refractivity (Wildman–Crippen MR) is 120 cm³/mol. The number of nitrogens with one attached hydrogen (secondary N) is 2. The van der Waals surface area contributed by atoms with Crippen molar-refractivity contribution >= 4 is 12.2 Å². The van der Waals surface area contributed by atoms with E-state index in [1.807, 2.05) is 0 Å². The van der Waals surface area contributed by atoms with E-state index in [2.05, 4.69) is 9.97 Å². The van der Waals surface area contributed by atoms with E-state index < -0.39 is 11.1 Å². The Morgan fingerprint density at radius 1 is 0.625 bits per heavy atom. The van der Waals surface area contributed by atoms with Crippen molar-refractivity contribution in [2.75, 3.05) is 35.5 Å². The monoisotopic (exact) mass is 440 g/mol. The molecule has 0 saturated heterocycles. The quantitative estimate of drug-likeness (QED) is 0.558. The lowest BCUT2D eigenvalue weighted by molar-refractivity contribution is 0.355. The average molecular weight is 440 g/mol. The Kier molecular flexibility index (Phi) is 6.89. The Morgan fingerprint density at radius 3 is 1.66 bits per heavy atom. The number of aromatic amines is 2. The van der Waals surface area contributed by atoms with Crippen molar-refractivity contribution in [2.45, 2.75) is 0 Å². The van der Waals surface area contributed by atoms with Gasteiger partial charge in [0.2, 0.25) is 0 Å². The number of aromatic nitrogens is 2. The molecule has 2 aromatic carbocycles. The lowest BCUT2D eigenvalue weighted by Gasteiger charge is -2.12. The van der Waals surface area contributed by atoms with Gasteiger partial charge in [0, 0.05) is 12.1 Å². The minimum atomic E-state index is -0.490. The molecule has 3 rings (SSSR count). The molecule has 0 atom stereocenters. The zero-order valence-corrected chi connectivity index (χ0v) is 18.4. The highest BCUT2D eigenvalue weighted by molar-refractivity contribution is 5.66. The second-order valence-electron chi connectivity index (χ2n) is 6.58. The smallest absolute Gasteiger partial charge is 0.272 e. The molecule has 0 aliphatic carbocycles. The first kappa shape index (κ1) is 22.5. The summed E-state index contributed by atoms with van der Waals surface area (Å²) in [5.74, 6) is 2.42. The third-order valence-corrected chi connectivity index (χ3v) is 4.75. The molecular weight excluding hydrogens is 416 g/mol. The molecule has 1 aromatic heterocycles. The molecule has 0 saturated carbocycles. The van der Waals surface area contributed by atoms with E-state index in [4.69, 9.17) is 23.7 Å². The molecule has 0 aliphatic rings. The standard InChI is InChI=1S/C23H24N2O7/c1-28-14-10-19(30-3)15(20(11-14)31-4)12-17-23(27)24-16(22(26)25-17)8-13-6-7-18(29-2)21(9-13)32-5/h6-12H,1-5H3,(H,24,27)(H,25,26)/b16-8-,17-12-. The van der Waals surface area contributed by atoms with Gasteiger partial charge in [0.25, 0.3) is 11.1 Å². The molecule has 3 aromatic rings. The van der Waals surface area contributed by atoms with Crippen molar-refractivity contribution in [2.24, 2.45) is 0 Å². The summed E-state index contributed by atoms with van der Waals surface area (Å²) in [6, 6.07) is 8.46. The zero-order valence-electron chi connectivity index (χ0n) is 18.4. The minimum absolute atomic E-state index is 0.0428. The Labute approximate surface area is 183 Å². The van der Waals surface area contributed by atoms with E-state index in [1.54, 1.807) is 36.4 Å². The highest BCUT2D eigenvalue weighted by Crippen LogP contribution is 2.34. The first-order valence-corrected chi connectivity index (χ1v) is 9.52. The van der Waals surface area contributed by atoms with Gasteiger partial charge in [-0.2, -0.15) is 0 Å². The van der Waals surface area contributed by atoms with Crippen LogP contribution in [-0.4, -0.2) is 45.5 Å². The van der Waals surface area contributed by atoms with Crippen molar-refractivity contribution in [3.8, 4) is 28.7 Å². The van der Waals surface area contributed by atoms with Crippen LogP contribution >= 0.6 is 0 Å². The van der Waals surface area contributed by atoms with Crippen LogP contribution in [0, 0.1) is 0 Å². The summed E-state index contributed by atoms with van der Waals surface area (Å²) in [5.41, 5.74) is 0.168. The molecule has 0 spiro atoms. The topological polar surface area (TPSA) is 112 Å². The Morgan fingerprint density at radius 2 is 1.16 bits per heavy atom. The molecule has 0 radical (unpaired) electrons. The summed E-state index contributed by atoms with van der Waals surface area (Å²) < 4.78 is 26.5. The Bertz CT molecular complexity index is 1330. The van der Waals surface area contributed by atoms with E-state index in [9.17, 15) is 9.59 Å². The molecule has 9 nitrogen and oxygen atoms in total. The van der Waals surface area contributed by atoms with Crippen molar-refractivity contribution < 1.29 is 23.7 Å². The van der Waals surface area contributed by atoms with Crippen molar-refractivity contribution in [1.29, 1.82) is 0 Å². The second kappa shape index (κ2) is 9.78. The first-order chi connectivity index (χ1) is 15.4. The fraction of sp³-hybridized carbons (Fsp3) is 0.217. The van der Waals surface area contributed by atoms with Gasteiger partial charge in [0.05, 0.1) is 41.1 Å². The van der Waals surface area contributed by atoms with Crippen LogP contribution in [0.2, 0.25) is 0 Å². The first-order valence-electron chi connectivity index (χ1n) is 9.52. The molecule has 32 heavy (non-hydrogen) atoms. The summed E-state index contributed by atoms with van der Waals surface area (Å²) in [7, 11) is 7.54. The molecular formula is C23H24N2O7. The van der Waals surface area contributed by atoms with Gasteiger partial charge >= 0.3 is 0 Å². The lowest BCUT2D eigenvalue weighted by Crippen LogP contribution is -2.46. The molecule has 0 amide bonds. The van der Waals surface area contributed by atoms with Crippen LogP contribution in [0.15, 0.2) is 39.9 Å². The number of hydrogen-bond donors (Lipinski definition) is 2. The number of H-pyrrole nitrogens is 2. The molecule has 2 N–H and O–H groups in total. The number of benzene rings is 2. The van der Waals surface area contributed by atoms with Gasteiger partial charge in [-0.25, -0.2) is 0 Å². The summed E-state index contributed by atoms with van der Waals surface area (Å²) in [4.78, 5) is 30.6. The lowest BCUT2D eigenvalue weighted by atomic mass is 10.1. The molecule has 0 aliphatic heterocycles. The van der Waals surface area contributed by atoms with Gasteiger partial charge in [0.15, 0.2) is 11.5 Å². The Balaban J connectivity index is 2.15.